The van der Waals surface area contributed by atoms with Gasteiger partial charge in [-0.25, -0.2) is 13.2 Å². The third-order valence-corrected chi connectivity index (χ3v) is 8.09. The van der Waals surface area contributed by atoms with Gasteiger partial charge in [-0.3, -0.25) is 0 Å². The first-order valence-corrected chi connectivity index (χ1v) is 12.9. The zero-order valence-electron chi connectivity index (χ0n) is 20.1. The van der Waals surface area contributed by atoms with Gasteiger partial charge in [-0.15, -0.1) is 0 Å². The minimum Gasteiger partial charge on any atom is -0.207 e. The average molecular weight is 455 g/mol. The van der Waals surface area contributed by atoms with Crippen LogP contribution in [0, 0.1) is 36.2 Å². The smallest absolute Gasteiger partial charge is 0.162 e. The number of benzene rings is 2. The molecular weight excluding hydrogens is 417 g/mol. The van der Waals surface area contributed by atoms with Crippen molar-refractivity contribution in [1.82, 2.24) is 0 Å². The summed E-state index contributed by atoms with van der Waals surface area (Å²) in [6, 6.07) is 9.02. The molecule has 0 aliphatic heterocycles. The quantitative estimate of drug-likeness (QED) is 0.408. The summed E-state index contributed by atoms with van der Waals surface area (Å²) in [5.41, 5.74) is 2.66. The van der Waals surface area contributed by atoms with E-state index < -0.39 is 11.6 Å². The van der Waals surface area contributed by atoms with Gasteiger partial charge in [-0.2, -0.15) is 0 Å². The fourth-order valence-corrected chi connectivity index (χ4v) is 5.96. The number of rotatable bonds is 6. The molecule has 0 saturated heterocycles. The topological polar surface area (TPSA) is 0 Å². The van der Waals surface area contributed by atoms with Gasteiger partial charge in [0.2, 0.25) is 0 Å². The maximum absolute atomic E-state index is 15.1. The Bertz CT molecular complexity index is 961. The van der Waals surface area contributed by atoms with Crippen molar-refractivity contribution in [3.8, 4) is 0 Å². The molecule has 33 heavy (non-hydrogen) atoms. The number of aryl methyl sites for hydroxylation is 1. The van der Waals surface area contributed by atoms with Gasteiger partial charge in [0.05, 0.1) is 0 Å². The second-order valence-corrected chi connectivity index (χ2v) is 10.4. The molecule has 3 heteroatoms. The van der Waals surface area contributed by atoms with Crippen LogP contribution in [0.5, 0.6) is 0 Å². The molecule has 0 aromatic heterocycles. The van der Waals surface area contributed by atoms with E-state index in [-0.39, 0.29) is 17.7 Å². The van der Waals surface area contributed by atoms with Crippen LogP contribution < -0.4 is 0 Å². The molecule has 0 nitrogen and oxygen atoms in total. The van der Waals surface area contributed by atoms with Gasteiger partial charge in [0, 0.05) is 0 Å². The molecule has 4 rings (SSSR count). The van der Waals surface area contributed by atoms with Crippen molar-refractivity contribution in [2.75, 3.05) is 0 Å². The fraction of sp³-hybridized carbons (Fsp3) is 0.533. The van der Waals surface area contributed by atoms with Crippen LogP contribution in [0.15, 0.2) is 36.4 Å². The number of allylic oxidation sites excluding steroid dienone is 1. The van der Waals surface area contributed by atoms with Crippen LogP contribution in [0.1, 0.15) is 105 Å². The summed E-state index contributed by atoms with van der Waals surface area (Å²) in [6.45, 7) is 3.98. The van der Waals surface area contributed by atoms with Crippen LogP contribution >= 0.6 is 0 Å². The minimum absolute atomic E-state index is 0.0790. The van der Waals surface area contributed by atoms with Crippen molar-refractivity contribution in [2.24, 2.45) is 11.8 Å². The molecular formula is C30H37F3. The molecule has 2 fully saturated rings. The first-order chi connectivity index (χ1) is 16.0. The molecule has 0 unspecified atom stereocenters. The standard InChI is InChI=1S/C30H37F3/c1-3-4-21-9-13-24(14-10-21)26-17-18-27(30(33)29(26)32)25-15-11-22(12-16-25)7-8-23-6-5-20(2)28(31)19-23/h5-8,17-19,21-22,24-25H,3-4,9-16H2,1-2H3. The summed E-state index contributed by atoms with van der Waals surface area (Å²) in [4.78, 5) is 0. The highest BCUT2D eigenvalue weighted by molar-refractivity contribution is 5.50. The van der Waals surface area contributed by atoms with Gasteiger partial charge < -0.3 is 0 Å². The van der Waals surface area contributed by atoms with Gasteiger partial charge in [0.15, 0.2) is 11.6 Å². The molecule has 2 aromatic carbocycles. The Morgan fingerprint density at radius 1 is 0.788 bits per heavy atom. The van der Waals surface area contributed by atoms with Gasteiger partial charge >= 0.3 is 0 Å². The van der Waals surface area contributed by atoms with Crippen molar-refractivity contribution in [3.63, 3.8) is 0 Å². The van der Waals surface area contributed by atoms with Gasteiger partial charge in [-0.05, 0) is 110 Å². The summed E-state index contributed by atoms with van der Waals surface area (Å²) in [5, 5.41) is 0. The zero-order chi connectivity index (χ0) is 23.4. The van der Waals surface area contributed by atoms with Crippen LogP contribution in [0.2, 0.25) is 0 Å². The Hall–Kier alpha value is -2.03. The summed E-state index contributed by atoms with van der Waals surface area (Å²) in [7, 11) is 0. The van der Waals surface area contributed by atoms with E-state index in [9.17, 15) is 4.39 Å². The minimum atomic E-state index is -0.614. The van der Waals surface area contributed by atoms with Gasteiger partial charge in [0.25, 0.3) is 0 Å². The largest absolute Gasteiger partial charge is 0.207 e. The lowest BCUT2D eigenvalue weighted by Gasteiger charge is -2.30. The van der Waals surface area contributed by atoms with Crippen LogP contribution in [-0.2, 0) is 0 Å². The predicted octanol–water partition coefficient (Wildman–Crippen LogP) is 9.47. The monoisotopic (exact) mass is 454 g/mol. The molecule has 0 spiro atoms. The Morgan fingerprint density at radius 3 is 1.91 bits per heavy atom. The molecule has 2 aromatic rings. The summed E-state index contributed by atoms with van der Waals surface area (Å²) < 4.78 is 43.9. The number of halogens is 3. The highest BCUT2D eigenvalue weighted by atomic mass is 19.2. The number of hydrogen-bond donors (Lipinski definition) is 0. The van der Waals surface area contributed by atoms with E-state index in [2.05, 4.69) is 13.0 Å². The average Bonchev–Trinajstić information content (AvgIpc) is 2.83. The van der Waals surface area contributed by atoms with Gasteiger partial charge in [-0.1, -0.05) is 56.2 Å². The van der Waals surface area contributed by atoms with E-state index in [1.807, 2.05) is 24.3 Å². The molecule has 0 bridgehead atoms. The predicted molar refractivity (Wildman–Crippen MR) is 131 cm³/mol. The third kappa shape index (κ3) is 5.73. The Labute approximate surface area is 197 Å². The Balaban J connectivity index is 1.36. The van der Waals surface area contributed by atoms with E-state index in [1.54, 1.807) is 19.1 Å². The highest BCUT2D eigenvalue weighted by Crippen LogP contribution is 2.42. The van der Waals surface area contributed by atoms with E-state index in [0.29, 0.717) is 22.6 Å². The molecule has 0 amide bonds. The lowest BCUT2D eigenvalue weighted by molar-refractivity contribution is 0.302. The molecule has 2 saturated carbocycles. The van der Waals surface area contributed by atoms with E-state index in [0.717, 1.165) is 62.8 Å². The first-order valence-electron chi connectivity index (χ1n) is 12.9. The lowest BCUT2D eigenvalue weighted by atomic mass is 9.75. The van der Waals surface area contributed by atoms with Crippen molar-refractivity contribution in [1.29, 1.82) is 0 Å². The fourth-order valence-electron chi connectivity index (χ4n) is 5.96. The third-order valence-electron chi connectivity index (χ3n) is 8.09. The van der Waals surface area contributed by atoms with E-state index >= 15 is 8.78 Å². The van der Waals surface area contributed by atoms with Crippen LogP contribution in [0.3, 0.4) is 0 Å². The van der Waals surface area contributed by atoms with Crippen molar-refractivity contribution in [3.05, 3.63) is 76.1 Å². The maximum atomic E-state index is 15.1. The normalized spacial score (nSPS) is 26.1. The zero-order valence-corrected chi connectivity index (χ0v) is 20.1. The van der Waals surface area contributed by atoms with Crippen molar-refractivity contribution < 1.29 is 13.2 Å². The molecule has 0 heterocycles. The summed E-state index contributed by atoms with van der Waals surface area (Å²) in [5.74, 6) is -0.00350. The second-order valence-electron chi connectivity index (χ2n) is 10.4. The Kier molecular flexibility index (Phi) is 7.98. The van der Waals surface area contributed by atoms with E-state index in [1.165, 1.54) is 12.8 Å². The molecule has 178 valence electrons. The van der Waals surface area contributed by atoms with Crippen molar-refractivity contribution >= 4 is 6.08 Å². The molecule has 2 aliphatic rings. The second kappa shape index (κ2) is 10.9. The molecule has 0 N–H and O–H groups in total. The summed E-state index contributed by atoms with van der Waals surface area (Å²) in [6.07, 6.45) is 14.4. The van der Waals surface area contributed by atoms with E-state index in [4.69, 9.17) is 0 Å². The maximum Gasteiger partial charge on any atom is 0.162 e. The Morgan fingerprint density at radius 2 is 1.36 bits per heavy atom. The SMILES string of the molecule is CCCC1CCC(c2ccc(C3CCC(C=Cc4ccc(C)c(F)c4)CC3)c(F)c2F)CC1. The van der Waals surface area contributed by atoms with Crippen LogP contribution in [0.25, 0.3) is 6.08 Å². The molecule has 2 aliphatic carbocycles. The molecule has 0 radical (unpaired) electrons. The summed E-state index contributed by atoms with van der Waals surface area (Å²) >= 11 is 0. The van der Waals surface area contributed by atoms with Crippen LogP contribution in [0.4, 0.5) is 13.2 Å². The molecule has 0 atom stereocenters. The lowest BCUT2D eigenvalue weighted by Crippen LogP contribution is -2.17. The first kappa shape index (κ1) is 24.1. The van der Waals surface area contributed by atoms with Crippen LogP contribution in [-0.4, -0.2) is 0 Å². The number of hydrogen-bond acceptors (Lipinski definition) is 0. The van der Waals surface area contributed by atoms with Crippen molar-refractivity contribution in [2.45, 2.75) is 89.9 Å². The highest BCUT2D eigenvalue weighted by Gasteiger charge is 2.29. The van der Waals surface area contributed by atoms with Gasteiger partial charge in [0.1, 0.15) is 5.82 Å².